The maximum atomic E-state index is 13.1. The van der Waals surface area contributed by atoms with Gasteiger partial charge in [-0.05, 0) is 43.2 Å². The molecule has 0 saturated carbocycles. The second kappa shape index (κ2) is 7.38. The fourth-order valence-electron chi connectivity index (χ4n) is 3.43. The van der Waals surface area contributed by atoms with Crippen molar-refractivity contribution in [2.24, 2.45) is 0 Å². The minimum atomic E-state index is -3.76. The molecule has 28 heavy (non-hydrogen) atoms. The lowest BCUT2D eigenvalue weighted by atomic mass is 10.1. The SMILES string of the molecule is O=C(Nc1ccccc1)c1cc(S(=O)(=O)N2CCC(O)CC2)cc2[nH]ccc12. The summed E-state index contributed by atoms with van der Waals surface area (Å²) in [6.07, 6.45) is 2.03. The molecular weight excluding hydrogens is 378 g/mol. The first-order valence-corrected chi connectivity index (χ1v) is 10.5. The number of aliphatic hydroxyl groups excluding tert-OH is 1. The largest absolute Gasteiger partial charge is 0.393 e. The molecule has 1 aromatic heterocycles. The van der Waals surface area contributed by atoms with E-state index in [1.54, 1.807) is 30.5 Å². The molecule has 0 bridgehead atoms. The van der Waals surface area contributed by atoms with Gasteiger partial charge in [-0.1, -0.05) is 18.2 Å². The van der Waals surface area contributed by atoms with Gasteiger partial charge in [-0.25, -0.2) is 8.42 Å². The number of aromatic nitrogens is 1. The first-order chi connectivity index (χ1) is 13.4. The zero-order valence-corrected chi connectivity index (χ0v) is 15.9. The molecule has 7 nitrogen and oxygen atoms in total. The first-order valence-electron chi connectivity index (χ1n) is 9.11. The van der Waals surface area contributed by atoms with Gasteiger partial charge in [0, 0.05) is 35.9 Å². The van der Waals surface area contributed by atoms with Crippen LogP contribution in [0.5, 0.6) is 0 Å². The van der Waals surface area contributed by atoms with E-state index in [1.165, 1.54) is 10.4 Å². The van der Waals surface area contributed by atoms with Gasteiger partial charge in [0.2, 0.25) is 10.0 Å². The number of rotatable bonds is 4. The second-order valence-corrected chi connectivity index (χ2v) is 8.80. The van der Waals surface area contributed by atoms with Crippen LogP contribution in [0.1, 0.15) is 23.2 Å². The van der Waals surface area contributed by atoms with Crippen LogP contribution in [0.3, 0.4) is 0 Å². The fraction of sp³-hybridized carbons (Fsp3) is 0.250. The average Bonchev–Trinajstić information content (AvgIpc) is 3.17. The molecule has 1 aliphatic heterocycles. The summed E-state index contributed by atoms with van der Waals surface area (Å²) < 4.78 is 27.5. The number of hydrogen-bond donors (Lipinski definition) is 3. The molecule has 1 aliphatic rings. The van der Waals surface area contributed by atoms with E-state index < -0.39 is 16.1 Å². The van der Waals surface area contributed by atoms with Crippen LogP contribution in [0, 0.1) is 0 Å². The van der Waals surface area contributed by atoms with Crippen molar-refractivity contribution < 1.29 is 18.3 Å². The Kier molecular flexibility index (Phi) is 4.92. The van der Waals surface area contributed by atoms with E-state index in [-0.39, 0.29) is 23.9 Å². The highest BCUT2D eigenvalue weighted by molar-refractivity contribution is 7.89. The van der Waals surface area contributed by atoms with Crippen molar-refractivity contribution >= 4 is 32.5 Å². The minimum Gasteiger partial charge on any atom is -0.393 e. The van der Waals surface area contributed by atoms with Crippen LogP contribution < -0.4 is 5.32 Å². The fourth-order valence-corrected chi connectivity index (χ4v) is 4.95. The Labute approximate surface area is 163 Å². The van der Waals surface area contributed by atoms with E-state index in [0.717, 1.165) is 0 Å². The number of anilines is 1. The predicted octanol–water partition coefficient (Wildman–Crippen LogP) is 2.57. The van der Waals surface area contributed by atoms with Gasteiger partial charge in [-0.3, -0.25) is 4.79 Å². The maximum Gasteiger partial charge on any atom is 0.256 e. The van der Waals surface area contributed by atoms with Crippen LogP contribution in [0.15, 0.2) is 59.6 Å². The third-order valence-corrected chi connectivity index (χ3v) is 6.86. The molecule has 2 heterocycles. The van der Waals surface area contributed by atoms with Crippen LogP contribution in [-0.2, 0) is 10.0 Å². The van der Waals surface area contributed by atoms with Gasteiger partial charge >= 0.3 is 0 Å². The molecule has 4 rings (SSSR count). The Morgan fingerprint density at radius 3 is 2.54 bits per heavy atom. The summed E-state index contributed by atoms with van der Waals surface area (Å²) >= 11 is 0. The van der Waals surface area contributed by atoms with Gasteiger partial charge in [0.05, 0.1) is 16.6 Å². The van der Waals surface area contributed by atoms with E-state index in [2.05, 4.69) is 10.3 Å². The van der Waals surface area contributed by atoms with Crippen LogP contribution in [0.2, 0.25) is 0 Å². The zero-order chi connectivity index (χ0) is 19.7. The number of piperidine rings is 1. The second-order valence-electron chi connectivity index (χ2n) is 6.87. The third kappa shape index (κ3) is 3.54. The number of amides is 1. The molecule has 0 atom stereocenters. The van der Waals surface area contributed by atoms with Gasteiger partial charge in [0.1, 0.15) is 0 Å². The number of fused-ring (bicyclic) bond motifs is 1. The molecule has 1 saturated heterocycles. The van der Waals surface area contributed by atoms with Crippen molar-refractivity contribution in [2.45, 2.75) is 23.8 Å². The molecule has 0 unspecified atom stereocenters. The van der Waals surface area contributed by atoms with E-state index in [1.807, 2.05) is 18.2 Å². The highest BCUT2D eigenvalue weighted by Gasteiger charge is 2.30. The van der Waals surface area contributed by atoms with Gasteiger partial charge in [0.25, 0.3) is 5.91 Å². The van der Waals surface area contributed by atoms with Gasteiger partial charge in [-0.2, -0.15) is 4.31 Å². The average molecular weight is 399 g/mol. The monoisotopic (exact) mass is 399 g/mol. The Morgan fingerprint density at radius 2 is 1.82 bits per heavy atom. The number of hydrogen-bond acceptors (Lipinski definition) is 4. The molecule has 1 fully saturated rings. The van der Waals surface area contributed by atoms with Crippen molar-refractivity contribution in [3.8, 4) is 0 Å². The number of H-pyrrole nitrogens is 1. The van der Waals surface area contributed by atoms with Crippen LogP contribution in [0.25, 0.3) is 10.9 Å². The van der Waals surface area contributed by atoms with Crippen LogP contribution >= 0.6 is 0 Å². The summed E-state index contributed by atoms with van der Waals surface area (Å²) in [5.74, 6) is -0.373. The van der Waals surface area contributed by atoms with Gasteiger partial charge < -0.3 is 15.4 Å². The summed E-state index contributed by atoms with van der Waals surface area (Å²) in [5.41, 5.74) is 1.50. The van der Waals surface area contributed by atoms with Crippen molar-refractivity contribution in [1.29, 1.82) is 0 Å². The number of nitrogens with zero attached hydrogens (tertiary/aromatic N) is 1. The molecule has 1 amide bonds. The highest BCUT2D eigenvalue weighted by Crippen LogP contribution is 2.27. The number of benzene rings is 2. The van der Waals surface area contributed by atoms with Crippen LogP contribution in [-0.4, -0.2) is 47.9 Å². The van der Waals surface area contributed by atoms with E-state index in [4.69, 9.17) is 0 Å². The standard InChI is InChI=1S/C20H21N3O4S/c24-15-7-10-23(11-8-15)28(26,27)16-12-18(17-6-9-21-19(17)13-16)20(25)22-14-4-2-1-3-5-14/h1-6,9,12-13,15,21,24H,7-8,10-11H2,(H,22,25). The number of nitrogens with one attached hydrogen (secondary N) is 2. The van der Waals surface area contributed by atoms with Gasteiger partial charge in [-0.15, -0.1) is 0 Å². The Balaban J connectivity index is 1.72. The lowest BCUT2D eigenvalue weighted by Gasteiger charge is -2.28. The smallest absolute Gasteiger partial charge is 0.256 e. The predicted molar refractivity (Wildman–Crippen MR) is 107 cm³/mol. The van der Waals surface area contributed by atoms with Crippen molar-refractivity contribution in [3.63, 3.8) is 0 Å². The Morgan fingerprint density at radius 1 is 1.11 bits per heavy atom. The zero-order valence-electron chi connectivity index (χ0n) is 15.1. The van der Waals surface area contributed by atoms with E-state index in [9.17, 15) is 18.3 Å². The molecule has 2 aromatic carbocycles. The lowest BCUT2D eigenvalue weighted by Crippen LogP contribution is -2.40. The quantitative estimate of drug-likeness (QED) is 0.627. The number of carbonyl (C=O) groups excluding carboxylic acids is 1. The van der Waals surface area contributed by atoms with E-state index >= 15 is 0 Å². The van der Waals surface area contributed by atoms with Crippen molar-refractivity contribution in [2.75, 3.05) is 18.4 Å². The molecular formula is C20H21N3O4S. The Hall–Kier alpha value is -2.68. The van der Waals surface area contributed by atoms with Crippen molar-refractivity contribution in [3.05, 3.63) is 60.3 Å². The maximum absolute atomic E-state index is 13.1. The number of carbonyl (C=O) groups is 1. The molecule has 0 aliphatic carbocycles. The molecule has 8 heteroatoms. The Bertz CT molecular complexity index is 1100. The molecule has 3 aromatic rings. The topological polar surface area (TPSA) is 102 Å². The summed E-state index contributed by atoms with van der Waals surface area (Å²) in [5, 5.41) is 13.1. The number of para-hydroxylation sites is 1. The van der Waals surface area contributed by atoms with Gasteiger partial charge in [0.15, 0.2) is 0 Å². The number of aliphatic hydroxyl groups is 1. The first kappa shape index (κ1) is 18.7. The highest BCUT2D eigenvalue weighted by atomic mass is 32.2. The normalized spacial score (nSPS) is 16.3. The summed E-state index contributed by atoms with van der Waals surface area (Å²) in [6, 6.07) is 13.7. The summed E-state index contributed by atoms with van der Waals surface area (Å²) in [7, 11) is -3.76. The molecule has 0 radical (unpaired) electrons. The molecule has 146 valence electrons. The number of aromatic amines is 1. The van der Waals surface area contributed by atoms with E-state index in [0.29, 0.717) is 35.0 Å². The molecule has 0 spiro atoms. The summed E-state index contributed by atoms with van der Waals surface area (Å²) in [4.78, 5) is 15.9. The van der Waals surface area contributed by atoms with Crippen molar-refractivity contribution in [1.82, 2.24) is 9.29 Å². The minimum absolute atomic E-state index is 0.0667. The molecule has 3 N–H and O–H groups in total. The number of sulfonamides is 1. The third-order valence-electron chi connectivity index (χ3n) is 4.98. The lowest BCUT2D eigenvalue weighted by molar-refractivity contribution is 0.102. The van der Waals surface area contributed by atoms with Crippen LogP contribution in [0.4, 0.5) is 5.69 Å². The summed E-state index contributed by atoms with van der Waals surface area (Å²) in [6.45, 7) is 0.523.